The highest BCUT2D eigenvalue weighted by atomic mass is 16.1. The van der Waals surface area contributed by atoms with Crippen molar-refractivity contribution >= 4 is 11.7 Å². The van der Waals surface area contributed by atoms with Crippen LogP contribution in [0, 0.1) is 0 Å². The lowest BCUT2D eigenvalue weighted by molar-refractivity contribution is 0.102. The van der Waals surface area contributed by atoms with E-state index in [0.29, 0.717) is 11.4 Å². The maximum absolute atomic E-state index is 13.1. The van der Waals surface area contributed by atoms with Crippen molar-refractivity contribution in [3.63, 3.8) is 0 Å². The number of carbonyl (C=O) groups excluding carboxylic acids is 1. The summed E-state index contributed by atoms with van der Waals surface area (Å²) in [5, 5.41) is 7.41. The number of aryl methyl sites for hydroxylation is 1. The molecular weight excluding hydrogens is 350 g/mol. The molecule has 140 valence electrons. The van der Waals surface area contributed by atoms with Crippen LogP contribution in [-0.2, 0) is 7.05 Å². The minimum Gasteiger partial charge on any atom is -0.334 e. The van der Waals surface area contributed by atoms with Crippen LogP contribution in [0.2, 0.25) is 0 Å². The van der Waals surface area contributed by atoms with Crippen LogP contribution in [0.25, 0.3) is 11.4 Å². The van der Waals surface area contributed by atoms with Crippen molar-refractivity contribution in [1.82, 2.24) is 19.3 Å². The zero-order chi connectivity index (χ0) is 19.5. The van der Waals surface area contributed by atoms with Gasteiger partial charge >= 0.3 is 0 Å². The predicted octanol–water partition coefficient (Wildman–Crippen LogP) is 4.15. The monoisotopic (exact) mass is 371 g/mol. The second-order valence-corrected chi connectivity index (χ2v) is 6.61. The number of hydrogen-bond acceptors (Lipinski definition) is 3. The van der Waals surface area contributed by atoms with Crippen molar-refractivity contribution in [2.45, 2.75) is 13.0 Å². The predicted molar refractivity (Wildman–Crippen MR) is 109 cm³/mol. The van der Waals surface area contributed by atoms with Gasteiger partial charge in [-0.2, -0.15) is 5.10 Å². The molecule has 0 spiro atoms. The van der Waals surface area contributed by atoms with Gasteiger partial charge in [0.2, 0.25) is 0 Å². The largest absolute Gasteiger partial charge is 0.334 e. The number of nitrogens with one attached hydrogen (secondary N) is 1. The van der Waals surface area contributed by atoms with E-state index in [1.807, 2.05) is 71.0 Å². The van der Waals surface area contributed by atoms with E-state index in [1.165, 1.54) is 0 Å². The second kappa shape index (κ2) is 7.52. The van der Waals surface area contributed by atoms with Crippen LogP contribution in [0.15, 0.2) is 79.3 Å². The molecule has 6 nitrogen and oxygen atoms in total. The van der Waals surface area contributed by atoms with E-state index < -0.39 is 0 Å². The maximum atomic E-state index is 13.1. The lowest BCUT2D eigenvalue weighted by Crippen LogP contribution is -2.19. The fraction of sp³-hybridized carbons (Fsp3) is 0.136. The molecule has 0 fully saturated rings. The van der Waals surface area contributed by atoms with Crippen molar-refractivity contribution < 1.29 is 4.79 Å². The molecule has 2 aromatic carbocycles. The van der Waals surface area contributed by atoms with E-state index in [2.05, 4.69) is 22.3 Å². The average Bonchev–Trinajstić information content (AvgIpc) is 3.37. The molecule has 1 N–H and O–H groups in total. The molecule has 0 aliphatic heterocycles. The number of imidazole rings is 1. The van der Waals surface area contributed by atoms with Gasteiger partial charge in [-0.15, -0.1) is 0 Å². The summed E-state index contributed by atoms with van der Waals surface area (Å²) in [6.07, 6.45) is 5.28. The third-order valence-corrected chi connectivity index (χ3v) is 4.79. The summed E-state index contributed by atoms with van der Waals surface area (Å²) >= 11 is 0. The molecule has 0 aliphatic rings. The van der Waals surface area contributed by atoms with Gasteiger partial charge < -0.3 is 9.88 Å². The fourth-order valence-corrected chi connectivity index (χ4v) is 3.28. The quantitative estimate of drug-likeness (QED) is 0.573. The highest BCUT2D eigenvalue weighted by molar-refractivity contribution is 6.08. The Labute approximate surface area is 163 Å². The van der Waals surface area contributed by atoms with E-state index in [-0.39, 0.29) is 11.9 Å². The molecule has 2 heterocycles. The summed E-state index contributed by atoms with van der Waals surface area (Å²) in [4.78, 5) is 17.4. The molecule has 28 heavy (non-hydrogen) atoms. The molecule has 6 heteroatoms. The van der Waals surface area contributed by atoms with Gasteiger partial charge in [0.15, 0.2) is 0 Å². The molecule has 1 unspecified atom stereocenters. The number of amides is 1. The van der Waals surface area contributed by atoms with Gasteiger partial charge in [0.1, 0.15) is 11.6 Å². The molecule has 1 atom stereocenters. The molecule has 4 rings (SSSR count). The molecule has 0 aliphatic carbocycles. The van der Waals surface area contributed by atoms with Gasteiger partial charge in [-0.1, -0.05) is 48.5 Å². The van der Waals surface area contributed by atoms with Crippen molar-refractivity contribution in [3.8, 4) is 11.4 Å². The first kappa shape index (κ1) is 17.7. The summed E-state index contributed by atoms with van der Waals surface area (Å²) in [6.45, 7) is 2.06. The Morgan fingerprint density at radius 3 is 2.50 bits per heavy atom. The number of carbonyl (C=O) groups is 1. The van der Waals surface area contributed by atoms with Crippen LogP contribution in [0.3, 0.4) is 0 Å². The number of anilines is 1. The summed E-state index contributed by atoms with van der Waals surface area (Å²) in [5.41, 5.74) is 2.47. The van der Waals surface area contributed by atoms with Crippen LogP contribution in [-0.4, -0.2) is 25.2 Å². The first-order valence-electron chi connectivity index (χ1n) is 9.11. The van der Waals surface area contributed by atoms with Gasteiger partial charge in [0.05, 0.1) is 17.8 Å². The van der Waals surface area contributed by atoms with Crippen molar-refractivity contribution in [2.24, 2.45) is 7.05 Å². The normalized spacial score (nSPS) is 11.9. The minimum atomic E-state index is -0.194. The Bertz CT molecular complexity index is 1100. The van der Waals surface area contributed by atoms with Gasteiger partial charge in [0, 0.05) is 31.1 Å². The Balaban J connectivity index is 1.63. The zero-order valence-electron chi connectivity index (χ0n) is 15.8. The Morgan fingerprint density at radius 2 is 1.75 bits per heavy atom. The summed E-state index contributed by atoms with van der Waals surface area (Å²) in [5.74, 6) is 1.20. The number of hydrogen-bond donors (Lipinski definition) is 1. The van der Waals surface area contributed by atoms with Crippen LogP contribution < -0.4 is 5.32 Å². The summed E-state index contributed by atoms with van der Waals surface area (Å²) in [7, 11) is 1.91. The van der Waals surface area contributed by atoms with E-state index >= 15 is 0 Å². The Morgan fingerprint density at radius 1 is 1.00 bits per heavy atom. The lowest BCUT2D eigenvalue weighted by Gasteiger charge is -2.17. The standard InChI is InChI=1S/C22H21N5O/c1-16(17-8-4-3-5-9-17)27-20(12-13-24-27)25-22(28)19-11-7-6-10-18(19)21-23-14-15-26(21)2/h3-16H,1-2H3,(H,25,28). The summed E-state index contributed by atoms with van der Waals surface area (Å²) in [6, 6.07) is 19.3. The molecule has 2 aromatic heterocycles. The van der Waals surface area contributed by atoms with Crippen molar-refractivity contribution in [2.75, 3.05) is 5.32 Å². The molecular formula is C22H21N5O. The van der Waals surface area contributed by atoms with E-state index in [4.69, 9.17) is 0 Å². The van der Waals surface area contributed by atoms with Crippen LogP contribution in [0.4, 0.5) is 5.82 Å². The first-order valence-corrected chi connectivity index (χ1v) is 9.11. The third-order valence-electron chi connectivity index (χ3n) is 4.79. The molecule has 0 saturated carbocycles. The topological polar surface area (TPSA) is 64.7 Å². The first-order chi connectivity index (χ1) is 13.6. The van der Waals surface area contributed by atoms with Gasteiger partial charge in [-0.05, 0) is 18.6 Å². The van der Waals surface area contributed by atoms with Crippen LogP contribution in [0.5, 0.6) is 0 Å². The van der Waals surface area contributed by atoms with Gasteiger partial charge in [0.25, 0.3) is 5.91 Å². The van der Waals surface area contributed by atoms with Crippen molar-refractivity contribution in [1.29, 1.82) is 0 Å². The lowest BCUT2D eigenvalue weighted by atomic mass is 10.1. The number of aromatic nitrogens is 4. The van der Waals surface area contributed by atoms with Crippen molar-refractivity contribution in [3.05, 3.63) is 90.4 Å². The molecule has 4 aromatic rings. The number of rotatable bonds is 5. The number of benzene rings is 2. The second-order valence-electron chi connectivity index (χ2n) is 6.61. The van der Waals surface area contributed by atoms with Crippen LogP contribution in [0.1, 0.15) is 28.9 Å². The van der Waals surface area contributed by atoms with Crippen LogP contribution >= 0.6 is 0 Å². The smallest absolute Gasteiger partial charge is 0.257 e. The zero-order valence-corrected chi connectivity index (χ0v) is 15.8. The van der Waals surface area contributed by atoms with E-state index in [0.717, 1.165) is 17.0 Å². The Kier molecular flexibility index (Phi) is 4.76. The molecule has 0 bridgehead atoms. The molecule has 1 amide bonds. The SMILES string of the molecule is CC(c1ccccc1)n1nccc1NC(=O)c1ccccc1-c1nccn1C. The Hall–Kier alpha value is -3.67. The molecule has 0 radical (unpaired) electrons. The fourth-order valence-electron chi connectivity index (χ4n) is 3.28. The third kappa shape index (κ3) is 3.32. The molecule has 0 saturated heterocycles. The number of nitrogens with zero attached hydrogens (tertiary/aromatic N) is 4. The summed E-state index contributed by atoms with van der Waals surface area (Å²) < 4.78 is 3.71. The van der Waals surface area contributed by atoms with Gasteiger partial charge in [-0.3, -0.25) is 4.79 Å². The highest BCUT2D eigenvalue weighted by Gasteiger charge is 2.18. The average molecular weight is 371 g/mol. The van der Waals surface area contributed by atoms with E-state index in [1.54, 1.807) is 24.5 Å². The van der Waals surface area contributed by atoms with E-state index in [9.17, 15) is 4.79 Å². The maximum Gasteiger partial charge on any atom is 0.257 e. The van der Waals surface area contributed by atoms with Gasteiger partial charge in [-0.25, -0.2) is 9.67 Å². The highest BCUT2D eigenvalue weighted by Crippen LogP contribution is 2.25. The minimum absolute atomic E-state index is 0.00344.